The second kappa shape index (κ2) is 20.2. The van der Waals surface area contributed by atoms with Gasteiger partial charge in [-0.05, 0) is 48.9 Å². The second-order valence-electron chi connectivity index (χ2n) is 15.1. The van der Waals surface area contributed by atoms with Gasteiger partial charge in [0.05, 0.1) is 16.4 Å². The molecule has 0 aliphatic carbocycles. The molecular formula is C38H44ClF13N6O4. The molecule has 0 atom stereocenters. The number of alkyl halides is 12. The summed E-state index contributed by atoms with van der Waals surface area (Å²) in [7, 11) is 0. The molecule has 24 heteroatoms. The van der Waals surface area contributed by atoms with Crippen LogP contribution in [0.5, 0.6) is 0 Å². The first kappa shape index (κ1) is 48.9. The number of amides is 2. The van der Waals surface area contributed by atoms with Crippen molar-refractivity contribution >= 4 is 35.2 Å². The van der Waals surface area contributed by atoms with Crippen LogP contribution in [-0.2, 0) is 22.6 Å². The predicted octanol–water partition coefficient (Wildman–Crippen LogP) is 8.86. The van der Waals surface area contributed by atoms with Crippen molar-refractivity contribution in [2.75, 3.05) is 88.3 Å². The molecule has 4 saturated heterocycles. The molecule has 0 bridgehead atoms. The van der Waals surface area contributed by atoms with Crippen LogP contribution in [0.15, 0.2) is 36.4 Å². The third kappa shape index (κ3) is 13.0. The highest BCUT2D eigenvalue weighted by Crippen LogP contribution is 2.38. The number of hydrogen-bond acceptors (Lipinski definition) is 8. The number of hydrogen-bond donors (Lipinski definition) is 0. The number of benzene rings is 2. The fourth-order valence-corrected chi connectivity index (χ4v) is 7.93. The Balaban J connectivity index is 0.000000234. The van der Waals surface area contributed by atoms with Crippen molar-refractivity contribution in [2.45, 2.75) is 75.7 Å². The lowest BCUT2D eigenvalue weighted by Gasteiger charge is -2.36. The number of piperazine rings is 2. The molecule has 4 heterocycles. The third-order valence-electron chi connectivity index (χ3n) is 10.7. The minimum absolute atomic E-state index is 0.0408. The standard InChI is InChI=1S/C19H22ClF6N3O2.C19H22F7N3O2/c2*20-14-5-3-4-13(15(14)28-6-1-2-7-28)12-27-8-10-29(11-9-27)17(30)31-16(18(21,22)23)19(24,25)26/h2*3-5,16H,1-2,6-12H2. The van der Waals surface area contributed by atoms with E-state index in [2.05, 4.69) is 14.4 Å². The molecule has 0 aromatic heterocycles. The average molecular weight is 931 g/mol. The van der Waals surface area contributed by atoms with E-state index in [1.165, 1.54) is 6.07 Å². The van der Waals surface area contributed by atoms with Crippen molar-refractivity contribution in [1.29, 1.82) is 0 Å². The van der Waals surface area contributed by atoms with E-state index >= 15 is 0 Å². The zero-order valence-electron chi connectivity index (χ0n) is 33.0. The number of halogens is 14. The van der Waals surface area contributed by atoms with E-state index in [-0.39, 0.29) is 58.2 Å². The highest BCUT2D eigenvalue weighted by atomic mass is 35.5. The Kier molecular flexibility index (Phi) is 15.9. The van der Waals surface area contributed by atoms with Crippen molar-refractivity contribution < 1.29 is 76.1 Å². The quantitative estimate of drug-likeness (QED) is 0.244. The maximum absolute atomic E-state index is 14.4. The Hall–Kier alpha value is -4.12. The van der Waals surface area contributed by atoms with E-state index < -0.39 is 49.1 Å². The summed E-state index contributed by atoms with van der Waals surface area (Å²) in [6.45, 7) is 4.82. The summed E-state index contributed by atoms with van der Waals surface area (Å²) in [6, 6.07) is 10.3. The van der Waals surface area contributed by atoms with Crippen LogP contribution in [0.2, 0.25) is 5.02 Å². The van der Waals surface area contributed by atoms with Gasteiger partial charge < -0.3 is 29.1 Å². The molecule has 4 aliphatic rings. The van der Waals surface area contributed by atoms with Crippen LogP contribution in [-0.4, -0.2) is 147 Å². The molecular weight excluding hydrogens is 887 g/mol. The van der Waals surface area contributed by atoms with E-state index in [1.807, 2.05) is 32.9 Å². The van der Waals surface area contributed by atoms with Gasteiger partial charge in [-0.25, -0.2) is 14.0 Å². The van der Waals surface area contributed by atoms with Crippen molar-refractivity contribution in [1.82, 2.24) is 19.6 Å². The SMILES string of the molecule is O=C(OC(C(F)(F)F)C(F)(F)F)N1CCN(Cc2cccc(Cl)c2N2CCCC2)CC1.O=C(OC(C(F)(F)F)C(F)(F)F)N1CCN(Cc2cccc(F)c2N2CCCC2)CC1. The molecule has 348 valence electrons. The second-order valence-corrected chi connectivity index (χ2v) is 15.5. The molecule has 0 radical (unpaired) electrons. The maximum Gasteiger partial charge on any atom is 0.434 e. The Morgan fingerprint density at radius 3 is 1.23 bits per heavy atom. The van der Waals surface area contributed by atoms with Crippen LogP contribution in [0, 0.1) is 5.82 Å². The van der Waals surface area contributed by atoms with E-state index in [1.54, 1.807) is 12.1 Å². The number of rotatable bonds is 8. The smallest absolute Gasteiger partial charge is 0.426 e. The predicted molar refractivity (Wildman–Crippen MR) is 199 cm³/mol. The summed E-state index contributed by atoms with van der Waals surface area (Å²) in [6.07, 6.45) is -30.5. The molecule has 4 aliphatic heterocycles. The number of carbonyl (C=O) groups excluding carboxylic acids is 2. The number of carbonyl (C=O) groups is 2. The topological polar surface area (TPSA) is 72.0 Å². The molecule has 2 aromatic rings. The molecule has 2 amide bonds. The largest absolute Gasteiger partial charge is 0.434 e. The normalized spacial score (nSPS) is 18.7. The summed E-state index contributed by atoms with van der Waals surface area (Å²) >= 11 is 6.40. The van der Waals surface area contributed by atoms with Crippen LogP contribution >= 0.6 is 11.6 Å². The van der Waals surface area contributed by atoms with E-state index in [9.17, 15) is 66.7 Å². The zero-order chi connectivity index (χ0) is 45.6. The summed E-state index contributed by atoms with van der Waals surface area (Å²) in [5.41, 5.74) is 3.19. The van der Waals surface area contributed by atoms with Gasteiger partial charge >= 0.3 is 36.9 Å². The molecule has 2 aromatic carbocycles. The zero-order valence-corrected chi connectivity index (χ0v) is 33.7. The van der Waals surface area contributed by atoms with Crippen molar-refractivity contribution in [2.24, 2.45) is 0 Å². The highest BCUT2D eigenvalue weighted by Gasteiger charge is 2.61. The van der Waals surface area contributed by atoms with Crippen LogP contribution in [0.1, 0.15) is 36.8 Å². The van der Waals surface area contributed by atoms with Crippen LogP contribution in [0.25, 0.3) is 0 Å². The Labute approximate surface area is 353 Å². The van der Waals surface area contributed by atoms with E-state index in [0.717, 1.165) is 78.5 Å². The maximum atomic E-state index is 14.4. The first-order chi connectivity index (χ1) is 28.9. The number of nitrogens with zero attached hydrogens (tertiary/aromatic N) is 6. The van der Waals surface area contributed by atoms with Gasteiger partial charge in [0, 0.05) is 91.6 Å². The van der Waals surface area contributed by atoms with Gasteiger partial charge in [0.2, 0.25) is 0 Å². The molecule has 0 N–H and O–H groups in total. The van der Waals surface area contributed by atoms with Gasteiger partial charge in [0.25, 0.3) is 12.2 Å². The molecule has 0 unspecified atom stereocenters. The lowest BCUT2D eigenvalue weighted by molar-refractivity contribution is -0.309. The number of para-hydroxylation sites is 2. The molecule has 4 fully saturated rings. The van der Waals surface area contributed by atoms with Gasteiger partial charge in [0.15, 0.2) is 0 Å². The lowest BCUT2D eigenvalue weighted by atomic mass is 10.1. The van der Waals surface area contributed by atoms with Gasteiger partial charge in [-0.1, -0.05) is 35.9 Å². The molecule has 0 saturated carbocycles. The monoisotopic (exact) mass is 930 g/mol. The van der Waals surface area contributed by atoms with Gasteiger partial charge in [0.1, 0.15) is 5.82 Å². The van der Waals surface area contributed by atoms with Crippen molar-refractivity contribution in [3.8, 4) is 0 Å². The summed E-state index contributed by atoms with van der Waals surface area (Å²) in [5, 5.41) is 0.631. The molecule has 0 spiro atoms. The molecule has 62 heavy (non-hydrogen) atoms. The van der Waals surface area contributed by atoms with Crippen molar-refractivity contribution in [3.63, 3.8) is 0 Å². The summed E-state index contributed by atoms with van der Waals surface area (Å²) in [5.74, 6) is -0.341. The number of anilines is 2. The van der Waals surface area contributed by atoms with E-state index in [4.69, 9.17) is 11.6 Å². The fraction of sp³-hybridized carbons (Fsp3) is 0.632. The summed E-state index contributed by atoms with van der Waals surface area (Å²) < 4.78 is 173. The highest BCUT2D eigenvalue weighted by molar-refractivity contribution is 6.33. The first-order valence-electron chi connectivity index (χ1n) is 19.6. The third-order valence-corrected chi connectivity index (χ3v) is 11.0. The Morgan fingerprint density at radius 2 is 0.855 bits per heavy atom. The Morgan fingerprint density at radius 1 is 0.516 bits per heavy atom. The lowest BCUT2D eigenvalue weighted by Crippen LogP contribution is -2.52. The van der Waals surface area contributed by atoms with Gasteiger partial charge in [-0.2, -0.15) is 52.7 Å². The fourth-order valence-electron chi connectivity index (χ4n) is 7.61. The van der Waals surface area contributed by atoms with Gasteiger partial charge in [-0.15, -0.1) is 0 Å². The molecule has 10 nitrogen and oxygen atoms in total. The minimum Gasteiger partial charge on any atom is -0.426 e. The van der Waals surface area contributed by atoms with Crippen LogP contribution < -0.4 is 9.80 Å². The average Bonchev–Trinajstić information content (AvgIpc) is 3.91. The summed E-state index contributed by atoms with van der Waals surface area (Å²) in [4.78, 5) is 33.5. The van der Waals surface area contributed by atoms with Crippen LogP contribution in [0.4, 0.5) is 78.0 Å². The Bertz CT molecular complexity index is 1650. The first-order valence-corrected chi connectivity index (χ1v) is 20.0. The van der Waals surface area contributed by atoms with E-state index in [0.29, 0.717) is 23.8 Å². The van der Waals surface area contributed by atoms with Gasteiger partial charge in [-0.3, -0.25) is 9.80 Å². The minimum atomic E-state index is -5.75. The molecule has 6 rings (SSSR count). The van der Waals surface area contributed by atoms with Crippen LogP contribution in [0.3, 0.4) is 0 Å². The number of ether oxygens (including phenoxy) is 2. The van der Waals surface area contributed by atoms with Crippen molar-refractivity contribution in [3.05, 3.63) is 58.4 Å².